The van der Waals surface area contributed by atoms with Crippen molar-refractivity contribution in [2.45, 2.75) is 18.9 Å². The summed E-state index contributed by atoms with van der Waals surface area (Å²) in [4.78, 5) is 28.3. The van der Waals surface area contributed by atoms with E-state index in [0.29, 0.717) is 43.2 Å². The Kier molecular flexibility index (Phi) is 5.74. The molecule has 0 spiro atoms. The number of rotatable bonds is 4. The van der Waals surface area contributed by atoms with Crippen LogP contribution in [0, 0.1) is 0 Å². The molecule has 1 N–H and O–H groups in total. The number of anilines is 1. The van der Waals surface area contributed by atoms with Crippen molar-refractivity contribution in [2.24, 2.45) is 0 Å². The third-order valence-corrected chi connectivity index (χ3v) is 5.89. The van der Waals surface area contributed by atoms with Crippen LogP contribution in [-0.2, 0) is 9.53 Å². The SMILES string of the molecule is O=C(O)C1CCCN1C(=O)c1ccc(N2CCOCC2)c(-c2ccccc2Cl)c1. The lowest BCUT2D eigenvalue weighted by Crippen LogP contribution is -2.40. The van der Waals surface area contributed by atoms with Crippen molar-refractivity contribution < 1.29 is 19.4 Å². The van der Waals surface area contributed by atoms with E-state index in [1.165, 1.54) is 4.90 Å². The lowest BCUT2D eigenvalue weighted by Gasteiger charge is -2.31. The first-order valence-electron chi connectivity index (χ1n) is 9.81. The van der Waals surface area contributed by atoms with Crippen LogP contribution in [-0.4, -0.2) is 60.8 Å². The zero-order valence-corrected chi connectivity index (χ0v) is 16.8. The van der Waals surface area contributed by atoms with Crippen molar-refractivity contribution in [3.8, 4) is 11.1 Å². The molecule has 2 fully saturated rings. The predicted octanol–water partition coefficient (Wildman–Crippen LogP) is 3.53. The van der Waals surface area contributed by atoms with Crippen LogP contribution >= 0.6 is 11.6 Å². The minimum absolute atomic E-state index is 0.253. The molecule has 0 aliphatic carbocycles. The minimum Gasteiger partial charge on any atom is -0.480 e. The Hall–Kier alpha value is -2.57. The number of carbonyl (C=O) groups is 2. The first kappa shape index (κ1) is 19.7. The van der Waals surface area contributed by atoms with E-state index in [9.17, 15) is 14.7 Å². The maximum atomic E-state index is 13.1. The van der Waals surface area contributed by atoms with Crippen LogP contribution in [0.3, 0.4) is 0 Å². The van der Waals surface area contributed by atoms with Gasteiger partial charge in [0.15, 0.2) is 0 Å². The monoisotopic (exact) mass is 414 g/mol. The van der Waals surface area contributed by atoms with Crippen molar-refractivity contribution in [3.63, 3.8) is 0 Å². The van der Waals surface area contributed by atoms with Gasteiger partial charge in [0.25, 0.3) is 5.91 Å². The van der Waals surface area contributed by atoms with Crippen molar-refractivity contribution in [3.05, 3.63) is 53.1 Å². The fraction of sp³-hybridized carbons (Fsp3) is 0.364. The van der Waals surface area contributed by atoms with E-state index in [2.05, 4.69) is 4.90 Å². The molecule has 0 bridgehead atoms. The second-order valence-electron chi connectivity index (χ2n) is 7.31. The van der Waals surface area contributed by atoms with Crippen LogP contribution in [0.15, 0.2) is 42.5 Å². The molecule has 6 nitrogen and oxygen atoms in total. The molecule has 1 atom stereocenters. The topological polar surface area (TPSA) is 70.1 Å². The van der Waals surface area contributed by atoms with E-state index in [0.717, 1.165) is 29.9 Å². The Bertz CT molecular complexity index is 927. The number of amides is 1. The van der Waals surface area contributed by atoms with Gasteiger partial charge in [0, 0.05) is 47.0 Å². The Morgan fingerprint density at radius 1 is 1.03 bits per heavy atom. The number of nitrogens with zero attached hydrogens (tertiary/aromatic N) is 2. The van der Waals surface area contributed by atoms with Crippen LogP contribution in [0.2, 0.25) is 5.02 Å². The molecule has 0 radical (unpaired) electrons. The summed E-state index contributed by atoms with van der Waals surface area (Å²) in [7, 11) is 0. The first-order chi connectivity index (χ1) is 14.1. The molecular formula is C22H23ClN2O4. The van der Waals surface area contributed by atoms with E-state index >= 15 is 0 Å². The highest BCUT2D eigenvalue weighted by Crippen LogP contribution is 2.37. The lowest BCUT2D eigenvalue weighted by atomic mass is 9.99. The van der Waals surface area contributed by atoms with E-state index < -0.39 is 12.0 Å². The van der Waals surface area contributed by atoms with Crippen molar-refractivity contribution >= 4 is 29.2 Å². The smallest absolute Gasteiger partial charge is 0.326 e. The second-order valence-corrected chi connectivity index (χ2v) is 7.71. The quantitative estimate of drug-likeness (QED) is 0.828. The molecule has 2 saturated heterocycles. The molecule has 2 aromatic rings. The van der Waals surface area contributed by atoms with E-state index in [1.807, 2.05) is 36.4 Å². The molecule has 1 amide bonds. The van der Waals surface area contributed by atoms with Gasteiger partial charge in [-0.2, -0.15) is 0 Å². The molecule has 2 heterocycles. The Morgan fingerprint density at radius 3 is 2.52 bits per heavy atom. The number of hydrogen-bond donors (Lipinski definition) is 1. The maximum absolute atomic E-state index is 13.1. The van der Waals surface area contributed by atoms with Gasteiger partial charge in [-0.05, 0) is 37.1 Å². The van der Waals surface area contributed by atoms with E-state index in [4.69, 9.17) is 16.3 Å². The van der Waals surface area contributed by atoms with Gasteiger partial charge in [-0.1, -0.05) is 29.8 Å². The van der Waals surface area contributed by atoms with E-state index in [1.54, 1.807) is 6.07 Å². The van der Waals surface area contributed by atoms with Gasteiger partial charge in [0.1, 0.15) is 6.04 Å². The Labute approximate surface area is 174 Å². The number of carbonyl (C=O) groups excluding carboxylic acids is 1. The van der Waals surface area contributed by atoms with Crippen LogP contribution in [0.5, 0.6) is 0 Å². The van der Waals surface area contributed by atoms with Gasteiger partial charge in [-0.15, -0.1) is 0 Å². The molecule has 2 aliphatic heterocycles. The Morgan fingerprint density at radius 2 is 1.79 bits per heavy atom. The average Bonchev–Trinajstić information content (AvgIpc) is 3.24. The highest BCUT2D eigenvalue weighted by molar-refractivity contribution is 6.33. The molecular weight excluding hydrogens is 392 g/mol. The summed E-state index contributed by atoms with van der Waals surface area (Å²) in [5.41, 5.74) is 3.19. The summed E-state index contributed by atoms with van der Waals surface area (Å²) >= 11 is 6.48. The Balaban J connectivity index is 1.75. The molecule has 2 aromatic carbocycles. The summed E-state index contributed by atoms with van der Waals surface area (Å²) in [6, 6.07) is 12.3. The summed E-state index contributed by atoms with van der Waals surface area (Å²) in [5, 5.41) is 10.0. The number of carboxylic acids is 1. The van der Waals surface area contributed by atoms with Gasteiger partial charge in [-0.25, -0.2) is 4.79 Å². The zero-order valence-electron chi connectivity index (χ0n) is 16.0. The zero-order chi connectivity index (χ0) is 20.4. The molecule has 1 unspecified atom stereocenters. The van der Waals surface area contributed by atoms with Crippen LogP contribution in [0.1, 0.15) is 23.2 Å². The van der Waals surface area contributed by atoms with Gasteiger partial charge >= 0.3 is 5.97 Å². The predicted molar refractivity (Wildman–Crippen MR) is 112 cm³/mol. The summed E-state index contributed by atoms with van der Waals surface area (Å²) < 4.78 is 5.47. The molecule has 0 saturated carbocycles. The number of likely N-dealkylation sites (tertiary alicyclic amines) is 1. The second kappa shape index (κ2) is 8.43. The largest absolute Gasteiger partial charge is 0.480 e. The molecule has 4 rings (SSSR count). The first-order valence-corrected chi connectivity index (χ1v) is 10.2. The molecule has 2 aliphatic rings. The molecule has 0 aromatic heterocycles. The van der Waals surface area contributed by atoms with Crippen LogP contribution in [0.4, 0.5) is 5.69 Å². The number of aliphatic carboxylic acids is 1. The summed E-state index contributed by atoms with van der Waals surface area (Å²) in [6.07, 6.45) is 1.19. The highest BCUT2D eigenvalue weighted by atomic mass is 35.5. The third kappa shape index (κ3) is 3.95. The number of halogens is 1. The molecule has 152 valence electrons. The molecule has 29 heavy (non-hydrogen) atoms. The fourth-order valence-corrected chi connectivity index (χ4v) is 4.31. The number of carboxylic acid groups (broad SMARTS) is 1. The van der Waals surface area contributed by atoms with Gasteiger partial charge in [0.05, 0.1) is 13.2 Å². The highest BCUT2D eigenvalue weighted by Gasteiger charge is 2.34. The number of benzene rings is 2. The van der Waals surface area contributed by atoms with Crippen LogP contribution < -0.4 is 4.90 Å². The minimum atomic E-state index is -0.952. The summed E-state index contributed by atoms with van der Waals surface area (Å²) in [5.74, 6) is -1.20. The van der Waals surface area contributed by atoms with E-state index in [-0.39, 0.29) is 5.91 Å². The maximum Gasteiger partial charge on any atom is 0.326 e. The average molecular weight is 415 g/mol. The fourth-order valence-electron chi connectivity index (χ4n) is 4.08. The molecule has 7 heteroatoms. The normalized spacial score (nSPS) is 19.4. The standard InChI is InChI=1S/C22H23ClN2O4/c23-18-5-2-1-4-16(18)17-14-15(7-8-19(17)24-10-12-29-13-11-24)21(26)25-9-3-6-20(25)22(27)28/h1-2,4-5,7-8,14,20H,3,6,9-13H2,(H,27,28). The van der Waals surface area contributed by atoms with Gasteiger partial charge < -0.3 is 19.6 Å². The summed E-state index contributed by atoms with van der Waals surface area (Å²) in [6.45, 7) is 3.28. The number of ether oxygens (including phenoxy) is 1. The van der Waals surface area contributed by atoms with Crippen molar-refractivity contribution in [1.29, 1.82) is 0 Å². The number of morpholine rings is 1. The lowest BCUT2D eigenvalue weighted by molar-refractivity contribution is -0.141. The van der Waals surface area contributed by atoms with Crippen molar-refractivity contribution in [1.82, 2.24) is 4.90 Å². The third-order valence-electron chi connectivity index (χ3n) is 5.56. The van der Waals surface area contributed by atoms with Gasteiger partial charge in [-0.3, -0.25) is 4.79 Å². The number of hydrogen-bond acceptors (Lipinski definition) is 4. The van der Waals surface area contributed by atoms with Gasteiger partial charge in [0.2, 0.25) is 0 Å². The van der Waals surface area contributed by atoms with Crippen LogP contribution in [0.25, 0.3) is 11.1 Å². The van der Waals surface area contributed by atoms with Crippen molar-refractivity contribution in [2.75, 3.05) is 37.7 Å².